The van der Waals surface area contributed by atoms with Gasteiger partial charge in [-0.15, -0.1) is 0 Å². The molecule has 0 atom stereocenters. The number of halogens is 6. The third kappa shape index (κ3) is 3.01. The molecule has 0 bridgehead atoms. The Morgan fingerprint density at radius 2 is 1.44 bits per heavy atom. The molecule has 0 fully saturated rings. The Bertz CT molecular complexity index is 945. The van der Waals surface area contributed by atoms with Crippen LogP contribution >= 0.6 is 0 Å². The van der Waals surface area contributed by atoms with Crippen LogP contribution in [0.15, 0.2) is 42.5 Å². The van der Waals surface area contributed by atoms with Gasteiger partial charge in [0.2, 0.25) is 0 Å². The van der Waals surface area contributed by atoms with E-state index in [0.29, 0.717) is 17.4 Å². The van der Waals surface area contributed by atoms with Gasteiger partial charge in [0.1, 0.15) is 28.8 Å². The van der Waals surface area contributed by atoms with E-state index < -0.39 is 34.6 Å². The number of hydrogen-bond acceptors (Lipinski definition) is 1. The molecule has 0 amide bonds. The molecule has 7 heteroatoms. The summed E-state index contributed by atoms with van der Waals surface area (Å²) in [6.07, 6.45) is -5.26. The molecule has 0 N–H and O–H groups in total. The monoisotopic (exact) mass is 356 g/mol. The second-order valence-electron chi connectivity index (χ2n) is 5.33. The Morgan fingerprint density at radius 3 is 2.00 bits per heavy atom. The summed E-state index contributed by atoms with van der Waals surface area (Å²) in [5.41, 5.74) is -1.32. The van der Waals surface area contributed by atoms with Crippen LogP contribution in [0, 0.1) is 17.5 Å². The maximum Gasteiger partial charge on any atom is 0.422 e. The van der Waals surface area contributed by atoms with Crippen LogP contribution in [-0.4, -0.2) is 7.11 Å². The largest absolute Gasteiger partial charge is 0.497 e. The molecule has 0 heterocycles. The SMILES string of the molecule is COc1ccc(-c2cc(F)c3c(F)c(C(F)(F)F)c(F)cc3c2)cc1. The Hall–Kier alpha value is -2.70. The first kappa shape index (κ1) is 17.1. The normalized spacial score (nSPS) is 11.8. The molecular formula is C18H10F6O. The molecular weight excluding hydrogens is 346 g/mol. The van der Waals surface area contributed by atoms with E-state index in [0.717, 1.165) is 6.07 Å². The van der Waals surface area contributed by atoms with Gasteiger partial charge in [-0.2, -0.15) is 13.2 Å². The Kier molecular flexibility index (Phi) is 4.10. The maximum atomic E-state index is 14.3. The summed E-state index contributed by atoms with van der Waals surface area (Å²) in [4.78, 5) is 0. The van der Waals surface area contributed by atoms with Crippen molar-refractivity contribution in [3.63, 3.8) is 0 Å². The van der Waals surface area contributed by atoms with E-state index in [1.165, 1.54) is 13.2 Å². The number of ether oxygens (including phenoxy) is 1. The lowest BCUT2D eigenvalue weighted by Gasteiger charge is -2.13. The molecule has 3 aromatic rings. The molecule has 0 aliphatic rings. The molecule has 0 aliphatic carbocycles. The van der Waals surface area contributed by atoms with E-state index in [-0.39, 0.29) is 10.9 Å². The van der Waals surface area contributed by atoms with Gasteiger partial charge in [0.25, 0.3) is 0 Å². The molecule has 0 spiro atoms. The summed E-state index contributed by atoms with van der Waals surface area (Å²) < 4.78 is 85.4. The fraction of sp³-hybridized carbons (Fsp3) is 0.111. The molecule has 0 saturated heterocycles. The van der Waals surface area contributed by atoms with Gasteiger partial charge in [0.15, 0.2) is 0 Å². The van der Waals surface area contributed by atoms with Crippen LogP contribution in [0.3, 0.4) is 0 Å². The van der Waals surface area contributed by atoms with Crippen molar-refractivity contribution < 1.29 is 31.1 Å². The van der Waals surface area contributed by atoms with Crippen LogP contribution in [-0.2, 0) is 6.18 Å². The predicted molar refractivity (Wildman–Crippen MR) is 80.8 cm³/mol. The molecule has 1 nitrogen and oxygen atoms in total. The number of alkyl halides is 3. The van der Waals surface area contributed by atoms with Crippen molar-refractivity contribution in [3.05, 3.63) is 65.5 Å². The van der Waals surface area contributed by atoms with Crippen LogP contribution < -0.4 is 4.74 Å². The van der Waals surface area contributed by atoms with Crippen LogP contribution in [0.2, 0.25) is 0 Å². The second-order valence-corrected chi connectivity index (χ2v) is 5.33. The molecule has 3 aromatic carbocycles. The summed E-state index contributed by atoms with van der Waals surface area (Å²) in [5, 5.41) is -1.19. The Labute approximate surface area is 138 Å². The third-order valence-corrected chi connectivity index (χ3v) is 3.79. The van der Waals surface area contributed by atoms with Crippen molar-refractivity contribution in [1.82, 2.24) is 0 Å². The summed E-state index contributed by atoms with van der Waals surface area (Å²) in [6, 6.07) is 9.01. The van der Waals surface area contributed by atoms with Crippen molar-refractivity contribution in [3.8, 4) is 16.9 Å². The fourth-order valence-electron chi connectivity index (χ4n) is 2.62. The quantitative estimate of drug-likeness (QED) is 0.516. The summed E-state index contributed by atoms with van der Waals surface area (Å²) in [5.74, 6) is -4.40. The zero-order chi connectivity index (χ0) is 18.4. The second kappa shape index (κ2) is 5.98. The number of methoxy groups -OCH3 is 1. The predicted octanol–water partition coefficient (Wildman–Crippen LogP) is 5.95. The third-order valence-electron chi connectivity index (χ3n) is 3.79. The number of rotatable bonds is 2. The van der Waals surface area contributed by atoms with Gasteiger partial charge in [-0.05, 0) is 46.8 Å². The van der Waals surface area contributed by atoms with Gasteiger partial charge in [-0.25, -0.2) is 13.2 Å². The minimum Gasteiger partial charge on any atom is -0.497 e. The van der Waals surface area contributed by atoms with Crippen molar-refractivity contribution >= 4 is 10.8 Å². The average molecular weight is 356 g/mol. The van der Waals surface area contributed by atoms with E-state index >= 15 is 0 Å². The first-order valence-corrected chi connectivity index (χ1v) is 7.05. The van der Waals surface area contributed by atoms with E-state index in [9.17, 15) is 26.3 Å². The topological polar surface area (TPSA) is 9.23 Å². The summed E-state index contributed by atoms with van der Waals surface area (Å²) >= 11 is 0. The highest BCUT2D eigenvalue weighted by molar-refractivity contribution is 5.89. The van der Waals surface area contributed by atoms with Gasteiger partial charge in [0.05, 0.1) is 12.5 Å². The number of hydrogen-bond donors (Lipinski definition) is 0. The molecule has 3 rings (SSSR count). The van der Waals surface area contributed by atoms with Crippen molar-refractivity contribution in [2.75, 3.05) is 7.11 Å². The summed E-state index contributed by atoms with van der Waals surface area (Å²) in [7, 11) is 1.47. The lowest BCUT2D eigenvalue weighted by atomic mass is 9.98. The lowest BCUT2D eigenvalue weighted by Crippen LogP contribution is -2.12. The smallest absolute Gasteiger partial charge is 0.422 e. The molecule has 130 valence electrons. The highest BCUT2D eigenvalue weighted by atomic mass is 19.4. The molecule has 0 saturated carbocycles. The standard InChI is InChI=1S/C18H10F6O/c1-25-12-4-2-9(3-5-12)10-6-11-8-14(20)16(18(22,23)24)17(21)15(11)13(19)7-10/h2-8H,1H3. The van der Waals surface area contributed by atoms with E-state index in [2.05, 4.69) is 0 Å². The van der Waals surface area contributed by atoms with Gasteiger partial charge >= 0.3 is 6.18 Å². The van der Waals surface area contributed by atoms with Crippen LogP contribution in [0.1, 0.15) is 5.56 Å². The zero-order valence-electron chi connectivity index (χ0n) is 12.7. The maximum absolute atomic E-state index is 14.3. The average Bonchev–Trinajstić information content (AvgIpc) is 2.52. The Morgan fingerprint density at radius 1 is 0.800 bits per heavy atom. The first-order chi connectivity index (χ1) is 11.7. The highest BCUT2D eigenvalue weighted by Gasteiger charge is 2.39. The van der Waals surface area contributed by atoms with E-state index in [1.54, 1.807) is 24.3 Å². The molecule has 0 aromatic heterocycles. The molecule has 0 radical (unpaired) electrons. The molecule has 0 aliphatic heterocycles. The number of benzene rings is 3. The van der Waals surface area contributed by atoms with Crippen LogP contribution in [0.4, 0.5) is 26.3 Å². The Balaban J connectivity index is 2.23. The van der Waals surface area contributed by atoms with E-state index in [1.807, 2.05) is 0 Å². The van der Waals surface area contributed by atoms with Crippen LogP contribution in [0.5, 0.6) is 5.75 Å². The zero-order valence-corrected chi connectivity index (χ0v) is 12.7. The first-order valence-electron chi connectivity index (χ1n) is 7.05. The van der Waals surface area contributed by atoms with Gasteiger partial charge in [-0.3, -0.25) is 0 Å². The fourth-order valence-corrected chi connectivity index (χ4v) is 2.62. The van der Waals surface area contributed by atoms with E-state index in [4.69, 9.17) is 4.74 Å². The van der Waals surface area contributed by atoms with Crippen LogP contribution in [0.25, 0.3) is 21.9 Å². The van der Waals surface area contributed by atoms with Gasteiger partial charge in [-0.1, -0.05) is 12.1 Å². The lowest BCUT2D eigenvalue weighted by molar-refractivity contribution is -0.142. The van der Waals surface area contributed by atoms with Gasteiger partial charge in [0, 0.05) is 0 Å². The molecule has 0 unspecified atom stereocenters. The van der Waals surface area contributed by atoms with Gasteiger partial charge < -0.3 is 4.74 Å². The minimum atomic E-state index is -5.26. The number of fused-ring (bicyclic) bond motifs is 1. The minimum absolute atomic E-state index is 0.270. The van der Waals surface area contributed by atoms with Crippen molar-refractivity contribution in [2.24, 2.45) is 0 Å². The van der Waals surface area contributed by atoms with Crippen molar-refractivity contribution in [1.29, 1.82) is 0 Å². The summed E-state index contributed by atoms with van der Waals surface area (Å²) in [6.45, 7) is 0. The van der Waals surface area contributed by atoms with Crippen molar-refractivity contribution in [2.45, 2.75) is 6.18 Å². The highest BCUT2D eigenvalue weighted by Crippen LogP contribution is 2.38. The molecule has 25 heavy (non-hydrogen) atoms.